The van der Waals surface area contributed by atoms with Gasteiger partial charge in [-0.05, 0) is 13.0 Å². The van der Waals surface area contributed by atoms with Crippen LogP contribution in [0.25, 0.3) is 0 Å². The number of hydrogen-bond donors (Lipinski definition) is 2. The Labute approximate surface area is 90.6 Å². The van der Waals surface area contributed by atoms with E-state index in [0.29, 0.717) is 6.54 Å². The molecule has 5 nitrogen and oxygen atoms in total. The number of nitrogens with zero attached hydrogens (tertiary/aromatic N) is 1. The zero-order valence-electron chi connectivity index (χ0n) is 9.80. The van der Waals surface area contributed by atoms with E-state index in [1.165, 1.54) is 7.11 Å². The second kappa shape index (κ2) is 6.76. The summed E-state index contributed by atoms with van der Waals surface area (Å²) in [6.45, 7) is 4.20. The molecular formula is C10H21NO4. The Morgan fingerprint density at radius 2 is 2.00 bits per heavy atom. The van der Waals surface area contributed by atoms with Gasteiger partial charge >= 0.3 is 5.97 Å². The molecule has 0 saturated heterocycles. The highest BCUT2D eigenvalue weighted by atomic mass is 16.5. The van der Waals surface area contributed by atoms with E-state index in [1.54, 1.807) is 11.9 Å². The molecule has 0 bridgehead atoms. The van der Waals surface area contributed by atoms with Gasteiger partial charge in [0.25, 0.3) is 0 Å². The zero-order valence-corrected chi connectivity index (χ0v) is 9.80. The highest BCUT2D eigenvalue weighted by molar-refractivity contribution is 5.73. The van der Waals surface area contributed by atoms with Crippen LogP contribution in [-0.4, -0.2) is 60.5 Å². The van der Waals surface area contributed by atoms with Gasteiger partial charge in [0, 0.05) is 13.7 Å². The van der Waals surface area contributed by atoms with Crippen LogP contribution in [0.2, 0.25) is 0 Å². The lowest BCUT2D eigenvalue weighted by Gasteiger charge is -2.29. The van der Waals surface area contributed by atoms with Crippen molar-refractivity contribution in [1.82, 2.24) is 4.90 Å². The van der Waals surface area contributed by atoms with Crippen LogP contribution in [-0.2, 0) is 9.53 Å². The van der Waals surface area contributed by atoms with Gasteiger partial charge in [-0.2, -0.15) is 0 Å². The van der Waals surface area contributed by atoms with Crippen LogP contribution in [0, 0.1) is 5.92 Å². The third-order valence-corrected chi connectivity index (χ3v) is 2.22. The fourth-order valence-corrected chi connectivity index (χ4v) is 1.67. The van der Waals surface area contributed by atoms with Gasteiger partial charge in [0.2, 0.25) is 0 Å². The molecule has 0 fully saturated rings. The van der Waals surface area contributed by atoms with Gasteiger partial charge in [0.15, 0.2) is 0 Å². The number of carbonyl (C=O) groups is 1. The van der Waals surface area contributed by atoms with Crippen LogP contribution >= 0.6 is 0 Å². The molecule has 0 spiro atoms. The van der Waals surface area contributed by atoms with Gasteiger partial charge in [0.05, 0.1) is 12.7 Å². The van der Waals surface area contributed by atoms with Crippen molar-refractivity contribution in [3.63, 3.8) is 0 Å². The first kappa shape index (κ1) is 14.3. The SMILES string of the molecule is COCC(O)CN(C)C(C(=O)O)C(C)C. The Morgan fingerprint density at radius 3 is 2.33 bits per heavy atom. The van der Waals surface area contributed by atoms with Crippen molar-refractivity contribution < 1.29 is 19.7 Å². The van der Waals surface area contributed by atoms with E-state index >= 15 is 0 Å². The number of aliphatic hydroxyl groups is 1. The van der Waals surface area contributed by atoms with E-state index in [4.69, 9.17) is 9.84 Å². The van der Waals surface area contributed by atoms with Gasteiger partial charge in [-0.3, -0.25) is 9.69 Å². The number of hydrogen-bond acceptors (Lipinski definition) is 4. The van der Waals surface area contributed by atoms with E-state index in [-0.39, 0.29) is 12.5 Å². The maximum atomic E-state index is 11.0. The Kier molecular flexibility index (Phi) is 6.47. The number of aliphatic hydroxyl groups excluding tert-OH is 1. The largest absolute Gasteiger partial charge is 0.480 e. The Hall–Kier alpha value is -0.650. The normalized spacial score (nSPS) is 15.7. The average Bonchev–Trinajstić information content (AvgIpc) is 2.01. The van der Waals surface area contributed by atoms with E-state index in [0.717, 1.165) is 0 Å². The first-order valence-corrected chi connectivity index (χ1v) is 5.00. The summed E-state index contributed by atoms with van der Waals surface area (Å²) < 4.78 is 4.78. The summed E-state index contributed by atoms with van der Waals surface area (Å²) in [4.78, 5) is 12.6. The highest BCUT2D eigenvalue weighted by Crippen LogP contribution is 2.09. The van der Waals surface area contributed by atoms with Gasteiger partial charge in [0.1, 0.15) is 6.04 Å². The number of methoxy groups -OCH3 is 1. The first-order valence-electron chi connectivity index (χ1n) is 5.00. The van der Waals surface area contributed by atoms with Crippen LogP contribution in [0.3, 0.4) is 0 Å². The van der Waals surface area contributed by atoms with Crippen molar-refractivity contribution in [3.8, 4) is 0 Å². The molecular weight excluding hydrogens is 198 g/mol. The molecule has 2 atom stereocenters. The lowest BCUT2D eigenvalue weighted by Crippen LogP contribution is -2.46. The fourth-order valence-electron chi connectivity index (χ4n) is 1.67. The van der Waals surface area contributed by atoms with Gasteiger partial charge in [-0.25, -0.2) is 0 Å². The molecule has 2 N–H and O–H groups in total. The molecule has 0 aliphatic carbocycles. The molecule has 5 heteroatoms. The summed E-state index contributed by atoms with van der Waals surface area (Å²) in [5.74, 6) is -0.862. The molecule has 0 rings (SSSR count). The predicted molar refractivity (Wildman–Crippen MR) is 56.8 cm³/mol. The summed E-state index contributed by atoms with van der Waals surface area (Å²) >= 11 is 0. The van der Waals surface area contributed by atoms with Crippen LogP contribution in [0.15, 0.2) is 0 Å². The van der Waals surface area contributed by atoms with Crippen LogP contribution in [0.1, 0.15) is 13.8 Å². The predicted octanol–water partition coefficient (Wildman–Crippen LogP) is 0.0347. The minimum Gasteiger partial charge on any atom is -0.480 e. The summed E-state index contributed by atoms with van der Waals surface area (Å²) in [7, 11) is 3.19. The lowest BCUT2D eigenvalue weighted by molar-refractivity contribution is -0.145. The molecule has 0 amide bonds. The number of carboxylic acids is 1. The second-order valence-electron chi connectivity index (χ2n) is 4.08. The average molecular weight is 219 g/mol. The van der Waals surface area contributed by atoms with E-state index in [1.807, 2.05) is 13.8 Å². The smallest absolute Gasteiger partial charge is 0.321 e. The van der Waals surface area contributed by atoms with Crippen molar-refractivity contribution in [2.75, 3.05) is 27.3 Å². The molecule has 0 radical (unpaired) electrons. The van der Waals surface area contributed by atoms with Crippen molar-refractivity contribution in [2.45, 2.75) is 26.0 Å². The second-order valence-corrected chi connectivity index (χ2v) is 4.08. The molecule has 15 heavy (non-hydrogen) atoms. The number of aliphatic carboxylic acids is 1. The fraction of sp³-hybridized carbons (Fsp3) is 0.900. The van der Waals surface area contributed by atoms with E-state index < -0.39 is 18.1 Å². The van der Waals surface area contributed by atoms with E-state index in [9.17, 15) is 9.90 Å². The van der Waals surface area contributed by atoms with Crippen molar-refractivity contribution in [3.05, 3.63) is 0 Å². The summed E-state index contributed by atoms with van der Waals surface area (Å²) in [6, 6.07) is -0.573. The molecule has 0 aromatic rings. The Bertz CT molecular complexity index is 196. The van der Waals surface area contributed by atoms with Crippen molar-refractivity contribution in [1.29, 1.82) is 0 Å². The van der Waals surface area contributed by atoms with Crippen LogP contribution in [0.4, 0.5) is 0 Å². The molecule has 90 valence electrons. The third-order valence-electron chi connectivity index (χ3n) is 2.22. The topological polar surface area (TPSA) is 70.0 Å². The molecule has 2 unspecified atom stereocenters. The lowest BCUT2D eigenvalue weighted by atomic mass is 10.0. The number of ether oxygens (including phenoxy) is 1. The number of rotatable bonds is 7. The zero-order chi connectivity index (χ0) is 12.0. The molecule has 0 heterocycles. The number of carboxylic acid groups (broad SMARTS) is 1. The molecule has 0 saturated carbocycles. The highest BCUT2D eigenvalue weighted by Gasteiger charge is 2.27. The van der Waals surface area contributed by atoms with Gasteiger partial charge in [-0.15, -0.1) is 0 Å². The maximum absolute atomic E-state index is 11.0. The maximum Gasteiger partial charge on any atom is 0.321 e. The minimum atomic E-state index is -0.864. The Morgan fingerprint density at radius 1 is 1.47 bits per heavy atom. The van der Waals surface area contributed by atoms with Crippen LogP contribution in [0.5, 0.6) is 0 Å². The van der Waals surface area contributed by atoms with Gasteiger partial charge < -0.3 is 14.9 Å². The molecule has 0 aliphatic heterocycles. The van der Waals surface area contributed by atoms with Crippen LogP contribution < -0.4 is 0 Å². The van der Waals surface area contributed by atoms with E-state index in [2.05, 4.69) is 0 Å². The minimum absolute atomic E-state index is 0.00208. The standard InChI is InChI=1S/C10H21NO4/c1-7(2)9(10(13)14)11(3)5-8(12)6-15-4/h7-9,12H,5-6H2,1-4H3,(H,13,14). The first-order chi connectivity index (χ1) is 6.90. The number of likely N-dealkylation sites (N-methyl/N-ethyl adjacent to an activating group) is 1. The molecule has 0 aromatic carbocycles. The quantitative estimate of drug-likeness (QED) is 0.632. The van der Waals surface area contributed by atoms with Crippen molar-refractivity contribution in [2.24, 2.45) is 5.92 Å². The Balaban J connectivity index is 4.25. The molecule has 0 aliphatic rings. The summed E-state index contributed by atoms with van der Waals surface area (Å²) in [6.07, 6.45) is -0.652. The van der Waals surface area contributed by atoms with Gasteiger partial charge in [-0.1, -0.05) is 13.8 Å². The summed E-state index contributed by atoms with van der Waals surface area (Å²) in [5.41, 5.74) is 0. The summed E-state index contributed by atoms with van der Waals surface area (Å²) in [5, 5.41) is 18.5. The van der Waals surface area contributed by atoms with Crippen molar-refractivity contribution >= 4 is 5.97 Å². The third kappa shape index (κ3) is 5.11. The molecule has 0 aromatic heterocycles. The monoisotopic (exact) mass is 219 g/mol.